The molecule has 1 amide bonds. The normalized spacial score (nSPS) is 14.9. The quantitative estimate of drug-likeness (QED) is 0.746. The number of aromatic amines is 1. The first-order valence-corrected chi connectivity index (χ1v) is 9.43. The number of nitrogens with one attached hydrogen (secondary N) is 1. The summed E-state index contributed by atoms with van der Waals surface area (Å²) in [7, 11) is 0. The predicted octanol–water partition coefficient (Wildman–Crippen LogP) is 3.47. The van der Waals surface area contributed by atoms with Gasteiger partial charge in [-0.05, 0) is 35.1 Å². The molecule has 0 bridgehead atoms. The van der Waals surface area contributed by atoms with Crippen molar-refractivity contribution in [2.24, 2.45) is 0 Å². The number of benzene rings is 2. The Hall–Kier alpha value is -3.41. The highest BCUT2D eigenvalue weighted by molar-refractivity contribution is 5.89. The van der Waals surface area contributed by atoms with Crippen LogP contribution in [0.2, 0.25) is 0 Å². The fourth-order valence-corrected chi connectivity index (χ4v) is 4.22. The molecule has 28 heavy (non-hydrogen) atoms. The maximum atomic E-state index is 12.8. The molecule has 6 nitrogen and oxygen atoms in total. The maximum Gasteiger partial charge on any atom is 0.414 e. The highest BCUT2D eigenvalue weighted by atomic mass is 16.6. The summed E-state index contributed by atoms with van der Waals surface area (Å²) in [5.41, 5.74) is 5.68. The van der Waals surface area contributed by atoms with E-state index in [1.807, 2.05) is 24.3 Å². The first-order valence-electron chi connectivity index (χ1n) is 9.43. The highest BCUT2D eigenvalue weighted by Crippen LogP contribution is 2.44. The molecule has 2 aliphatic rings. The highest BCUT2D eigenvalue weighted by Gasteiger charge is 2.31. The molecular formula is C22H19N3O3. The fourth-order valence-electron chi connectivity index (χ4n) is 4.22. The molecule has 0 saturated carbocycles. The lowest BCUT2D eigenvalue weighted by atomic mass is 9.98. The fraction of sp³-hybridized carbons (Fsp3) is 0.227. The number of nitrogens with zero attached hydrogens (tertiary/aromatic N) is 2. The van der Waals surface area contributed by atoms with Crippen molar-refractivity contribution in [2.45, 2.75) is 18.8 Å². The number of aromatic nitrogens is 2. The van der Waals surface area contributed by atoms with Crippen molar-refractivity contribution < 1.29 is 9.53 Å². The lowest BCUT2D eigenvalue weighted by molar-refractivity contribution is 0.150. The predicted molar refractivity (Wildman–Crippen MR) is 106 cm³/mol. The number of fused-ring (bicyclic) bond motifs is 4. The molecule has 140 valence electrons. The Kier molecular flexibility index (Phi) is 3.97. The summed E-state index contributed by atoms with van der Waals surface area (Å²) in [6.45, 7) is 0.782. The zero-order chi connectivity index (χ0) is 19.1. The molecule has 1 aromatic heterocycles. The van der Waals surface area contributed by atoms with E-state index >= 15 is 0 Å². The largest absolute Gasteiger partial charge is 0.448 e. The molecule has 6 heteroatoms. The van der Waals surface area contributed by atoms with Crippen molar-refractivity contribution in [2.75, 3.05) is 18.1 Å². The molecule has 0 spiro atoms. The van der Waals surface area contributed by atoms with Crippen molar-refractivity contribution in [1.82, 2.24) is 10.2 Å². The van der Waals surface area contributed by atoms with Crippen LogP contribution < -0.4 is 10.5 Å². The van der Waals surface area contributed by atoms with Gasteiger partial charge in [0.05, 0.1) is 11.4 Å². The van der Waals surface area contributed by atoms with Crippen molar-refractivity contribution in [3.8, 4) is 11.1 Å². The van der Waals surface area contributed by atoms with Crippen molar-refractivity contribution in [1.29, 1.82) is 0 Å². The van der Waals surface area contributed by atoms with E-state index in [1.54, 1.807) is 0 Å². The van der Waals surface area contributed by atoms with Crippen LogP contribution in [0, 0.1) is 0 Å². The van der Waals surface area contributed by atoms with Crippen molar-refractivity contribution in [3.63, 3.8) is 0 Å². The molecule has 0 radical (unpaired) electrons. The van der Waals surface area contributed by atoms with Gasteiger partial charge in [0.1, 0.15) is 6.61 Å². The average Bonchev–Trinajstić information content (AvgIpc) is 3.05. The van der Waals surface area contributed by atoms with Crippen LogP contribution in [0.25, 0.3) is 11.1 Å². The Labute approximate surface area is 161 Å². The van der Waals surface area contributed by atoms with Gasteiger partial charge in [0.15, 0.2) is 0 Å². The van der Waals surface area contributed by atoms with Crippen LogP contribution >= 0.6 is 0 Å². The van der Waals surface area contributed by atoms with Crippen LogP contribution in [-0.4, -0.2) is 29.4 Å². The van der Waals surface area contributed by atoms with Gasteiger partial charge in [0, 0.05) is 18.5 Å². The van der Waals surface area contributed by atoms with Gasteiger partial charge < -0.3 is 4.74 Å². The summed E-state index contributed by atoms with van der Waals surface area (Å²) >= 11 is 0. The SMILES string of the molecule is O=C(OCC1c2ccccc2-c2ccccc21)N1CCCc2n[nH]c(=O)cc21. The van der Waals surface area contributed by atoms with E-state index in [0.29, 0.717) is 12.2 Å². The van der Waals surface area contributed by atoms with Gasteiger partial charge in [-0.2, -0.15) is 5.10 Å². The third kappa shape index (κ3) is 2.69. The van der Waals surface area contributed by atoms with Crippen LogP contribution in [0.1, 0.15) is 29.2 Å². The molecule has 3 aromatic rings. The van der Waals surface area contributed by atoms with E-state index in [-0.39, 0.29) is 18.1 Å². The lowest BCUT2D eigenvalue weighted by Crippen LogP contribution is -2.38. The average molecular weight is 373 g/mol. The zero-order valence-corrected chi connectivity index (χ0v) is 15.2. The van der Waals surface area contributed by atoms with Crippen LogP contribution in [0.5, 0.6) is 0 Å². The molecule has 1 aliphatic heterocycles. The van der Waals surface area contributed by atoms with Gasteiger partial charge in [-0.1, -0.05) is 48.5 Å². The van der Waals surface area contributed by atoms with Gasteiger partial charge in [-0.25, -0.2) is 9.89 Å². The summed E-state index contributed by atoms with van der Waals surface area (Å²) < 4.78 is 5.72. The number of aryl methyl sites for hydroxylation is 1. The van der Waals surface area contributed by atoms with Crippen LogP contribution in [0.15, 0.2) is 59.4 Å². The smallest absolute Gasteiger partial charge is 0.414 e. The molecule has 0 saturated heterocycles. The molecule has 0 atom stereocenters. The van der Waals surface area contributed by atoms with Crippen molar-refractivity contribution in [3.05, 3.63) is 81.8 Å². The third-order valence-corrected chi connectivity index (χ3v) is 5.51. The minimum absolute atomic E-state index is 0.0120. The number of carbonyl (C=O) groups excluding carboxylic acids is 1. The Morgan fingerprint density at radius 1 is 1.11 bits per heavy atom. The van der Waals surface area contributed by atoms with E-state index < -0.39 is 6.09 Å². The second-order valence-corrected chi connectivity index (χ2v) is 7.12. The molecule has 1 aliphatic carbocycles. The summed E-state index contributed by atoms with van der Waals surface area (Å²) in [5, 5.41) is 6.49. The third-order valence-electron chi connectivity index (χ3n) is 5.51. The number of rotatable bonds is 2. The Morgan fingerprint density at radius 2 is 1.79 bits per heavy atom. The first-order chi connectivity index (χ1) is 13.7. The summed E-state index contributed by atoms with van der Waals surface area (Å²) in [6, 6.07) is 17.9. The van der Waals surface area contributed by atoms with Gasteiger partial charge >= 0.3 is 6.09 Å². The van der Waals surface area contributed by atoms with E-state index in [1.165, 1.54) is 33.2 Å². The van der Waals surface area contributed by atoms with E-state index in [9.17, 15) is 9.59 Å². The first kappa shape index (κ1) is 16.7. The topological polar surface area (TPSA) is 75.3 Å². The number of anilines is 1. The molecule has 0 fully saturated rings. The van der Waals surface area contributed by atoms with E-state index in [4.69, 9.17) is 4.74 Å². The minimum Gasteiger partial charge on any atom is -0.448 e. The van der Waals surface area contributed by atoms with Gasteiger partial charge in [0.25, 0.3) is 5.56 Å². The van der Waals surface area contributed by atoms with Crippen LogP contribution in [0.3, 0.4) is 0 Å². The number of amides is 1. The van der Waals surface area contributed by atoms with Crippen LogP contribution in [-0.2, 0) is 11.2 Å². The maximum absolute atomic E-state index is 12.8. The molecular weight excluding hydrogens is 354 g/mol. The van der Waals surface area contributed by atoms with Crippen molar-refractivity contribution >= 4 is 11.8 Å². The van der Waals surface area contributed by atoms with E-state index in [2.05, 4.69) is 34.5 Å². The molecule has 5 rings (SSSR count). The second-order valence-electron chi connectivity index (χ2n) is 7.12. The second kappa shape index (κ2) is 6.64. The Morgan fingerprint density at radius 3 is 2.50 bits per heavy atom. The van der Waals surface area contributed by atoms with Gasteiger partial charge in [-0.15, -0.1) is 0 Å². The minimum atomic E-state index is -0.435. The number of hydrogen-bond acceptors (Lipinski definition) is 4. The number of hydrogen-bond donors (Lipinski definition) is 1. The van der Waals surface area contributed by atoms with Crippen LogP contribution in [0.4, 0.5) is 10.5 Å². The molecule has 2 aromatic carbocycles. The lowest BCUT2D eigenvalue weighted by Gasteiger charge is -2.28. The monoisotopic (exact) mass is 373 g/mol. The molecule has 1 N–H and O–H groups in total. The summed E-state index contributed by atoms with van der Waals surface area (Å²) in [4.78, 5) is 26.0. The number of carbonyl (C=O) groups is 1. The van der Waals surface area contributed by atoms with Gasteiger partial charge in [-0.3, -0.25) is 9.69 Å². The number of ether oxygens (including phenoxy) is 1. The van der Waals surface area contributed by atoms with E-state index in [0.717, 1.165) is 18.5 Å². The Balaban J connectivity index is 1.40. The standard InChI is InChI=1S/C22H19N3O3/c26-21-12-20-19(23-24-21)10-5-11-25(20)22(27)28-13-18-16-8-3-1-6-14(16)15-7-2-4-9-17(15)18/h1-4,6-9,12,18H,5,10-11,13H2,(H,24,26). The summed E-state index contributed by atoms with van der Waals surface area (Å²) in [6.07, 6.45) is 1.09. The zero-order valence-electron chi connectivity index (χ0n) is 15.2. The molecule has 2 heterocycles. The van der Waals surface area contributed by atoms with Gasteiger partial charge in [0.2, 0.25) is 0 Å². The Bertz CT molecular complexity index is 1080. The number of H-pyrrole nitrogens is 1. The molecule has 0 unspecified atom stereocenters. The summed E-state index contributed by atoms with van der Waals surface area (Å²) in [5.74, 6) is 0.0120.